The number of esters is 1. The predicted octanol–water partition coefficient (Wildman–Crippen LogP) is 1.79. The molecule has 0 radical (unpaired) electrons. The molecule has 21 heavy (non-hydrogen) atoms. The minimum Gasteiger partial charge on any atom is -0.469 e. The summed E-state index contributed by atoms with van der Waals surface area (Å²) in [5.74, 6) is -0.288. The second kappa shape index (κ2) is 8.64. The Hall–Kier alpha value is -1.59. The van der Waals surface area contributed by atoms with Crippen LogP contribution in [0.5, 0.6) is 0 Å². The first-order valence-corrected chi connectivity index (χ1v) is 7.04. The number of ether oxygens (including phenoxy) is 1. The van der Waals surface area contributed by atoms with E-state index in [1.165, 1.54) is 7.11 Å². The Bertz CT molecular complexity index is 494. The van der Waals surface area contributed by atoms with Crippen LogP contribution in [0.2, 0.25) is 5.02 Å². The Morgan fingerprint density at radius 2 is 2.00 bits per heavy atom. The zero-order valence-corrected chi connectivity index (χ0v) is 13.4. The SMILES string of the molecule is COC(=O)CCN(C)CC(=O)N(C)Cc1cccc(Cl)c1. The van der Waals surface area contributed by atoms with E-state index in [2.05, 4.69) is 4.74 Å². The molecular formula is C15H21ClN2O3. The summed E-state index contributed by atoms with van der Waals surface area (Å²) in [7, 11) is 4.90. The van der Waals surface area contributed by atoms with E-state index in [0.29, 0.717) is 18.1 Å². The standard InChI is InChI=1S/C15H21ClN2O3/c1-17(8-7-15(20)21-3)11-14(19)18(2)10-12-5-4-6-13(16)9-12/h4-6,9H,7-8,10-11H2,1-3H3. The number of halogens is 1. The molecule has 5 nitrogen and oxygen atoms in total. The smallest absolute Gasteiger partial charge is 0.306 e. The van der Waals surface area contributed by atoms with Crippen LogP contribution in [0.25, 0.3) is 0 Å². The third-order valence-electron chi connectivity index (χ3n) is 3.07. The summed E-state index contributed by atoms with van der Waals surface area (Å²) in [6, 6.07) is 7.43. The van der Waals surface area contributed by atoms with Crippen LogP contribution in [0.3, 0.4) is 0 Å². The molecule has 0 bridgehead atoms. The first-order valence-electron chi connectivity index (χ1n) is 6.66. The van der Waals surface area contributed by atoms with E-state index in [4.69, 9.17) is 11.6 Å². The third kappa shape index (κ3) is 6.60. The van der Waals surface area contributed by atoms with E-state index in [-0.39, 0.29) is 24.8 Å². The molecule has 0 N–H and O–H groups in total. The number of benzene rings is 1. The largest absolute Gasteiger partial charge is 0.469 e. The van der Waals surface area contributed by atoms with Crippen molar-refractivity contribution in [3.05, 3.63) is 34.9 Å². The van der Waals surface area contributed by atoms with E-state index in [0.717, 1.165) is 5.56 Å². The minimum atomic E-state index is -0.276. The van der Waals surface area contributed by atoms with Gasteiger partial charge in [-0.05, 0) is 24.7 Å². The monoisotopic (exact) mass is 312 g/mol. The fraction of sp³-hybridized carbons (Fsp3) is 0.467. The van der Waals surface area contributed by atoms with Crippen molar-refractivity contribution >= 4 is 23.5 Å². The number of carbonyl (C=O) groups is 2. The van der Waals surface area contributed by atoms with Gasteiger partial charge in [-0.3, -0.25) is 14.5 Å². The third-order valence-corrected chi connectivity index (χ3v) is 3.30. The number of carbonyl (C=O) groups excluding carboxylic acids is 2. The second-order valence-electron chi connectivity index (χ2n) is 4.94. The highest BCUT2D eigenvalue weighted by molar-refractivity contribution is 6.30. The summed E-state index contributed by atoms with van der Waals surface area (Å²) < 4.78 is 4.57. The summed E-state index contributed by atoms with van der Waals surface area (Å²) in [5, 5.41) is 0.656. The van der Waals surface area contributed by atoms with Gasteiger partial charge in [0.2, 0.25) is 5.91 Å². The first-order chi connectivity index (χ1) is 9.92. The molecule has 0 aromatic heterocycles. The summed E-state index contributed by atoms with van der Waals surface area (Å²) >= 11 is 5.92. The van der Waals surface area contributed by atoms with Gasteiger partial charge in [0.1, 0.15) is 0 Å². The Morgan fingerprint density at radius 1 is 1.29 bits per heavy atom. The highest BCUT2D eigenvalue weighted by Crippen LogP contribution is 2.12. The first kappa shape index (κ1) is 17.5. The summed E-state index contributed by atoms with van der Waals surface area (Å²) in [5.41, 5.74) is 0.982. The number of likely N-dealkylation sites (N-methyl/N-ethyl adjacent to an activating group) is 2. The molecule has 1 amide bonds. The molecule has 0 saturated heterocycles. The van der Waals surface area contributed by atoms with Crippen molar-refractivity contribution in [1.29, 1.82) is 0 Å². The van der Waals surface area contributed by atoms with Crippen molar-refractivity contribution in [2.45, 2.75) is 13.0 Å². The number of methoxy groups -OCH3 is 1. The maximum absolute atomic E-state index is 12.1. The van der Waals surface area contributed by atoms with Gasteiger partial charge in [-0.15, -0.1) is 0 Å². The Balaban J connectivity index is 2.42. The normalized spacial score (nSPS) is 10.5. The molecule has 0 fully saturated rings. The maximum Gasteiger partial charge on any atom is 0.306 e. The van der Waals surface area contributed by atoms with E-state index in [9.17, 15) is 9.59 Å². The topological polar surface area (TPSA) is 49.9 Å². The lowest BCUT2D eigenvalue weighted by atomic mass is 10.2. The minimum absolute atomic E-state index is 0.0117. The molecule has 0 aliphatic rings. The molecule has 1 aromatic rings. The van der Waals surface area contributed by atoms with Gasteiger partial charge in [-0.25, -0.2) is 0 Å². The Labute approximate surface area is 130 Å². The van der Waals surface area contributed by atoms with Gasteiger partial charge in [0.25, 0.3) is 0 Å². The number of hydrogen-bond acceptors (Lipinski definition) is 4. The van der Waals surface area contributed by atoms with Crippen LogP contribution < -0.4 is 0 Å². The van der Waals surface area contributed by atoms with Crippen LogP contribution in [-0.2, 0) is 20.9 Å². The van der Waals surface area contributed by atoms with Crippen molar-refractivity contribution in [3.8, 4) is 0 Å². The lowest BCUT2D eigenvalue weighted by Gasteiger charge is -2.21. The molecule has 1 rings (SSSR count). The van der Waals surface area contributed by atoms with E-state index >= 15 is 0 Å². The molecule has 116 valence electrons. The molecule has 0 spiro atoms. The zero-order valence-electron chi connectivity index (χ0n) is 12.6. The van der Waals surface area contributed by atoms with Gasteiger partial charge < -0.3 is 9.64 Å². The molecule has 0 atom stereocenters. The van der Waals surface area contributed by atoms with Crippen LogP contribution in [0.15, 0.2) is 24.3 Å². The molecule has 0 heterocycles. The molecule has 6 heteroatoms. The van der Waals surface area contributed by atoms with E-state index < -0.39 is 0 Å². The highest BCUT2D eigenvalue weighted by atomic mass is 35.5. The van der Waals surface area contributed by atoms with Crippen LogP contribution in [0.4, 0.5) is 0 Å². The van der Waals surface area contributed by atoms with Gasteiger partial charge in [0.05, 0.1) is 20.1 Å². The molecule has 0 aliphatic heterocycles. The van der Waals surface area contributed by atoms with Crippen molar-refractivity contribution < 1.29 is 14.3 Å². The average molecular weight is 313 g/mol. The molecule has 0 saturated carbocycles. The van der Waals surface area contributed by atoms with Crippen molar-refractivity contribution in [3.63, 3.8) is 0 Å². The van der Waals surface area contributed by atoms with Crippen LogP contribution in [0, 0.1) is 0 Å². The molecule has 1 aromatic carbocycles. The maximum atomic E-state index is 12.1. The van der Waals surface area contributed by atoms with Crippen LogP contribution >= 0.6 is 11.6 Å². The number of rotatable bonds is 7. The Kier molecular flexibility index (Phi) is 7.19. The van der Waals surface area contributed by atoms with Gasteiger partial charge in [0.15, 0.2) is 0 Å². The highest BCUT2D eigenvalue weighted by Gasteiger charge is 2.13. The van der Waals surface area contributed by atoms with Crippen LogP contribution in [0.1, 0.15) is 12.0 Å². The van der Waals surface area contributed by atoms with Gasteiger partial charge in [-0.2, -0.15) is 0 Å². The van der Waals surface area contributed by atoms with E-state index in [1.54, 1.807) is 30.0 Å². The zero-order chi connectivity index (χ0) is 15.8. The average Bonchev–Trinajstić information content (AvgIpc) is 2.44. The second-order valence-corrected chi connectivity index (χ2v) is 5.38. The molecule has 0 unspecified atom stereocenters. The lowest BCUT2D eigenvalue weighted by molar-refractivity contribution is -0.141. The summed E-state index contributed by atoms with van der Waals surface area (Å²) in [6.07, 6.45) is 0.276. The fourth-order valence-electron chi connectivity index (χ4n) is 1.81. The number of amides is 1. The van der Waals surface area contributed by atoms with Gasteiger partial charge in [-0.1, -0.05) is 23.7 Å². The van der Waals surface area contributed by atoms with Crippen LogP contribution in [-0.4, -0.2) is 56.0 Å². The van der Waals surface area contributed by atoms with Gasteiger partial charge >= 0.3 is 5.97 Å². The number of hydrogen-bond donors (Lipinski definition) is 0. The predicted molar refractivity (Wildman–Crippen MR) is 82.1 cm³/mol. The lowest BCUT2D eigenvalue weighted by Crippen LogP contribution is -2.37. The summed E-state index contributed by atoms with van der Waals surface area (Å²) in [6.45, 7) is 1.25. The van der Waals surface area contributed by atoms with E-state index in [1.807, 2.05) is 18.2 Å². The summed E-state index contributed by atoms with van der Waals surface area (Å²) in [4.78, 5) is 26.6. The molecular weight excluding hydrogens is 292 g/mol. The van der Waals surface area contributed by atoms with Crippen molar-refractivity contribution in [1.82, 2.24) is 9.80 Å². The quantitative estimate of drug-likeness (QED) is 0.720. The van der Waals surface area contributed by atoms with Crippen molar-refractivity contribution in [2.75, 3.05) is 34.3 Å². The number of nitrogens with zero attached hydrogens (tertiary/aromatic N) is 2. The Morgan fingerprint density at radius 3 is 2.62 bits per heavy atom. The van der Waals surface area contributed by atoms with Gasteiger partial charge in [0, 0.05) is 25.2 Å². The molecule has 0 aliphatic carbocycles. The van der Waals surface area contributed by atoms with Crippen molar-refractivity contribution in [2.24, 2.45) is 0 Å². The fourth-order valence-corrected chi connectivity index (χ4v) is 2.03.